The fourth-order valence-corrected chi connectivity index (χ4v) is 2.93. The van der Waals surface area contributed by atoms with E-state index in [0.717, 1.165) is 0 Å². The van der Waals surface area contributed by atoms with Gasteiger partial charge in [-0.05, 0) is 30.0 Å². The lowest BCUT2D eigenvalue weighted by atomic mass is 10.2. The summed E-state index contributed by atoms with van der Waals surface area (Å²) in [7, 11) is 0. The van der Waals surface area contributed by atoms with Crippen molar-refractivity contribution in [3.63, 3.8) is 0 Å². The van der Waals surface area contributed by atoms with Crippen molar-refractivity contribution in [3.05, 3.63) is 40.6 Å². The third kappa shape index (κ3) is 4.26. The monoisotopic (exact) mass is 346 g/mol. The van der Waals surface area contributed by atoms with Crippen molar-refractivity contribution >= 4 is 28.8 Å². The summed E-state index contributed by atoms with van der Waals surface area (Å²) in [5.41, 5.74) is 1.33. The van der Waals surface area contributed by atoms with Gasteiger partial charge >= 0.3 is 0 Å². The summed E-state index contributed by atoms with van der Waals surface area (Å²) in [5.74, 6) is 1.12. The van der Waals surface area contributed by atoms with Gasteiger partial charge in [0.15, 0.2) is 11.5 Å². The number of rotatable bonds is 6. The Kier molecular flexibility index (Phi) is 5.32. The van der Waals surface area contributed by atoms with Crippen molar-refractivity contribution in [2.45, 2.75) is 12.8 Å². The maximum Gasteiger partial charge on any atom is 0.252 e. The van der Waals surface area contributed by atoms with Crippen LogP contribution in [-0.2, 0) is 4.79 Å². The fourth-order valence-electron chi connectivity index (χ4n) is 2.29. The Hall–Kier alpha value is -2.54. The van der Waals surface area contributed by atoms with Crippen LogP contribution in [0.3, 0.4) is 0 Å². The van der Waals surface area contributed by atoms with E-state index < -0.39 is 0 Å². The molecule has 2 amide bonds. The second kappa shape index (κ2) is 7.83. The number of ether oxygens (including phenoxy) is 2. The summed E-state index contributed by atoms with van der Waals surface area (Å²) in [6.45, 7) is 1.51. The fraction of sp³-hybridized carbons (Fsp3) is 0.294. The zero-order chi connectivity index (χ0) is 16.8. The molecular formula is C17H18N2O4S. The summed E-state index contributed by atoms with van der Waals surface area (Å²) >= 11 is 1.48. The predicted molar refractivity (Wildman–Crippen MR) is 91.9 cm³/mol. The van der Waals surface area contributed by atoms with Crippen molar-refractivity contribution in [1.29, 1.82) is 0 Å². The van der Waals surface area contributed by atoms with Crippen LogP contribution in [0.2, 0.25) is 0 Å². The molecular weight excluding hydrogens is 328 g/mol. The molecule has 0 bridgehead atoms. The summed E-state index contributed by atoms with van der Waals surface area (Å²) in [4.78, 5) is 23.7. The number of carbonyl (C=O) groups is 2. The second-order valence-corrected chi connectivity index (χ2v) is 6.06. The Morgan fingerprint density at radius 2 is 1.96 bits per heavy atom. The van der Waals surface area contributed by atoms with E-state index in [9.17, 15) is 9.59 Å². The van der Waals surface area contributed by atoms with E-state index in [1.165, 1.54) is 11.3 Å². The number of fused-ring (bicyclic) bond motifs is 1. The number of nitrogens with one attached hydrogen (secondary N) is 2. The molecule has 0 saturated carbocycles. The lowest BCUT2D eigenvalue weighted by molar-refractivity contribution is -0.116. The van der Waals surface area contributed by atoms with Gasteiger partial charge in [0.05, 0.1) is 0 Å². The average molecular weight is 346 g/mol. The summed E-state index contributed by atoms with van der Waals surface area (Å²) < 4.78 is 10.9. The number of hydrogen-bond acceptors (Lipinski definition) is 5. The number of anilines is 1. The molecule has 1 aromatic carbocycles. The van der Waals surface area contributed by atoms with Crippen LogP contribution in [0.1, 0.15) is 23.2 Å². The van der Waals surface area contributed by atoms with Crippen molar-refractivity contribution < 1.29 is 19.1 Å². The molecule has 0 atom stereocenters. The van der Waals surface area contributed by atoms with E-state index in [1.807, 2.05) is 5.38 Å². The largest absolute Gasteiger partial charge is 0.486 e. The van der Waals surface area contributed by atoms with E-state index in [1.54, 1.807) is 29.6 Å². The smallest absolute Gasteiger partial charge is 0.252 e. The van der Waals surface area contributed by atoms with E-state index in [4.69, 9.17) is 9.47 Å². The molecule has 3 rings (SSSR count). The molecule has 6 nitrogen and oxygen atoms in total. The highest BCUT2D eigenvalue weighted by molar-refractivity contribution is 7.08. The van der Waals surface area contributed by atoms with Gasteiger partial charge in [-0.2, -0.15) is 11.3 Å². The number of benzene rings is 1. The molecule has 1 aliphatic rings. The zero-order valence-corrected chi connectivity index (χ0v) is 13.9. The van der Waals surface area contributed by atoms with Crippen LogP contribution in [0.15, 0.2) is 35.0 Å². The molecule has 0 unspecified atom stereocenters. The molecule has 1 aromatic heterocycles. The van der Waals surface area contributed by atoms with Gasteiger partial charge < -0.3 is 20.1 Å². The quantitative estimate of drug-likeness (QED) is 0.789. The van der Waals surface area contributed by atoms with Crippen molar-refractivity contribution in [3.8, 4) is 11.5 Å². The van der Waals surface area contributed by atoms with Gasteiger partial charge in [-0.15, -0.1) is 0 Å². The van der Waals surface area contributed by atoms with Gasteiger partial charge in [-0.1, -0.05) is 0 Å². The first kappa shape index (κ1) is 16.3. The highest BCUT2D eigenvalue weighted by Gasteiger charge is 2.12. The summed E-state index contributed by atoms with van der Waals surface area (Å²) in [5, 5.41) is 9.27. The van der Waals surface area contributed by atoms with Crippen molar-refractivity contribution in [2.75, 3.05) is 25.1 Å². The molecule has 0 radical (unpaired) electrons. The number of hydrogen-bond donors (Lipinski definition) is 2. The highest BCUT2D eigenvalue weighted by atomic mass is 32.1. The molecule has 0 saturated heterocycles. The van der Waals surface area contributed by atoms with E-state index >= 15 is 0 Å². The molecule has 126 valence electrons. The van der Waals surface area contributed by atoms with Gasteiger partial charge in [0, 0.05) is 35.7 Å². The SMILES string of the molecule is O=C(CCCNC(=O)c1ccsc1)Nc1ccc2c(c1)OCCO2. The number of thiophene rings is 1. The molecule has 0 spiro atoms. The van der Waals surface area contributed by atoms with Gasteiger partial charge in [-0.25, -0.2) is 0 Å². The van der Waals surface area contributed by atoms with Crippen LogP contribution in [0.25, 0.3) is 0 Å². The van der Waals surface area contributed by atoms with E-state index in [0.29, 0.717) is 55.4 Å². The zero-order valence-electron chi connectivity index (χ0n) is 13.0. The summed E-state index contributed by atoms with van der Waals surface area (Å²) in [6, 6.07) is 7.09. The molecule has 0 fully saturated rings. The van der Waals surface area contributed by atoms with Crippen molar-refractivity contribution in [1.82, 2.24) is 5.32 Å². The Morgan fingerprint density at radius 1 is 1.12 bits per heavy atom. The van der Waals surface area contributed by atoms with Crippen LogP contribution < -0.4 is 20.1 Å². The van der Waals surface area contributed by atoms with Gasteiger partial charge in [0.2, 0.25) is 5.91 Å². The second-order valence-electron chi connectivity index (χ2n) is 5.28. The van der Waals surface area contributed by atoms with Gasteiger partial charge in [0.25, 0.3) is 5.91 Å². The van der Waals surface area contributed by atoms with Gasteiger partial charge in [-0.3, -0.25) is 9.59 Å². The van der Waals surface area contributed by atoms with Crippen LogP contribution in [0.5, 0.6) is 11.5 Å². The van der Waals surface area contributed by atoms with Crippen molar-refractivity contribution in [2.24, 2.45) is 0 Å². The molecule has 2 N–H and O–H groups in total. The topological polar surface area (TPSA) is 76.7 Å². The van der Waals surface area contributed by atoms with Crippen LogP contribution in [-0.4, -0.2) is 31.6 Å². The summed E-state index contributed by atoms with van der Waals surface area (Å²) in [6.07, 6.45) is 0.907. The Labute approximate surface area is 143 Å². The minimum atomic E-state index is -0.108. The predicted octanol–water partition coefficient (Wildman–Crippen LogP) is 2.67. The maximum absolute atomic E-state index is 12.0. The Morgan fingerprint density at radius 3 is 2.75 bits per heavy atom. The van der Waals surface area contributed by atoms with E-state index in [-0.39, 0.29) is 11.8 Å². The first-order valence-electron chi connectivity index (χ1n) is 7.72. The molecule has 1 aliphatic heterocycles. The van der Waals surface area contributed by atoms with Crippen LogP contribution in [0, 0.1) is 0 Å². The lowest BCUT2D eigenvalue weighted by Gasteiger charge is -2.19. The number of amides is 2. The molecule has 0 aliphatic carbocycles. The number of carbonyl (C=O) groups excluding carboxylic acids is 2. The van der Waals surface area contributed by atoms with Crippen LogP contribution >= 0.6 is 11.3 Å². The minimum absolute atomic E-state index is 0.100. The maximum atomic E-state index is 12.0. The first-order valence-corrected chi connectivity index (χ1v) is 8.66. The lowest BCUT2D eigenvalue weighted by Crippen LogP contribution is -2.25. The third-order valence-electron chi connectivity index (χ3n) is 3.48. The molecule has 2 aromatic rings. The van der Waals surface area contributed by atoms with E-state index in [2.05, 4.69) is 10.6 Å². The standard InChI is InChI=1S/C17H18N2O4S/c20-16(2-1-6-18-17(21)12-5-9-24-11-12)19-13-3-4-14-15(10-13)23-8-7-22-14/h3-5,9-11H,1-2,6-8H2,(H,18,21)(H,19,20). The minimum Gasteiger partial charge on any atom is -0.486 e. The van der Waals surface area contributed by atoms with Crippen LogP contribution in [0.4, 0.5) is 5.69 Å². The van der Waals surface area contributed by atoms with Gasteiger partial charge in [0.1, 0.15) is 13.2 Å². The third-order valence-corrected chi connectivity index (χ3v) is 4.16. The highest BCUT2D eigenvalue weighted by Crippen LogP contribution is 2.32. The molecule has 7 heteroatoms. The first-order chi connectivity index (χ1) is 11.7. The molecule has 2 heterocycles. The Balaban J connectivity index is 1.40. The molecule has 24 heavy (non-hydrogen) atoms. The average Bonchev–Trinajstić information content (AvgIpc) is 3.13. The Bertz CT molecular complexity index is 715. The normalized spacial score (nSPS) is 12.5.